The zero-order valence-corrected chi connectivity index (χ0v) is 20.0. The van der Waals surface area contributed by atoms with E-state index in [0.717, 1.165) is 22.3 Å². The highest BCUT2D eigenvalue weighted by molar-refractivity contribution is 6.33. The van der Waals surface area contributed by atoms with Crippen LogP contribution in [0.1, 0.15) is 30.4 Å². The Balaban J connectivity index is 1.30. The number of benzene rings is 2. The van der Waals surface area contributed by atoms with Gasteiger partial charge in [0.1, 0.15) is 25.2 Å². The number of halogens is 1. The molecule has 0 heterocycles. The molecule has 0 aromatic heterocycles. The molecule has 1 atom stereocenters. The van der Waals surface area contributed by atoms with E-state index in [0.29, 0.717) is 30.6 Å². The third-order valence-corrected chi connectivity index (χ3v) is 6.76. The van der Waals surface area contributed by atoms with Crippen molar-refractivity contribution < 1.29 is 23.5 Å². The predicted molar refractivity (Wildman–Crippen MR) is 130 cm³/mol. The molecule has 0 radical (unpaired) electrons. The Morgan fingerprint density at radius 3 is 2.34 bits per heavy atom. The number of rotatable bonds is 8. The first-order valence-electron chi connectivity index (χ1n) is 11.5. The van der Waals surface area contributed by atoms with Crippen molar-refractivity contribution in [1.82, 2.24) is 10.6 Å². The van der Waals surface area contributed by atoms with Crippen LogP contribution < -0.4 is 25.6 Å². The number of ether oxygens (including phenoxy) is 2. The van der Waals surface area contributed by atoms with Crippen molar-refractivity contribution in [1.29, 1.82) is 5.26 Å². The van der Waals surface area contributed by atoms with Gasteiger partial charge in [0, 0.05) is 18.2 Å². The number of nitrogens with one attached hydrogen (secondary N) is 2. The number of amides is 2. The Hall–Kier alpha value is -3.80. The highest BCUT2D eigenvalue weighted by Crippen LogP contribution is 2.50. The summed E-state index contributed by atoms with van der Waals surface area (Å²) in [5.41, 5.74) is 3.79. The number of carbonyl (C=O) groups is 2. The zero-order valence-electron chi connectivity index (χ0n) is 20.0. The standard InChI is InChI=1S/C26H27BFN3O4/c1-15-3-5-19(8-21(15)27)34-13-24(32)30-23-7-18(12-29)26(10-17(23)11-26)31-25(33)14-35-20-6-4-16(2)22(28)9-20/h3-6,8-9,18H,7,10-11,13-14,27H2,1-2H3,(H,30,32)(H,31,33). The molecule has 35 heavy (non-hydrogen) atoms. The molecule has 3 aliphatic carbocycles. The molecule has 7 nitrogen and oxygen atoms in total. The van der Waals surface area contributed by atoms with Crippen LogP contribution in [0.25, 0.3) is 0 Å². The molecule has 2 amide bonds. The summed E-state index contributed by atoms with van der Waals surface area (Å²) in [6.07, 6.45) is 1.32. The Morgan fingerprint density at radius 1 is 1.09 bits per heavy atom. The van der Waals surface area contributed by atoms with Crippen LogP contribution in [0, 0.1) is 36.9 Å². The molecular formula is C26H27BFN3O4. The maximum Gasteiger partial charge on any atom is 0.262 e. The minimum absolute atomic E-state index is 0.130. The van der Waals surface area contributed by atoms with Crippen molar-refractivity contribution in [3.8, 4) is 17.6 Å². The van der Waals surface area contributed by atoms with Gasteiger partial charge >= 0.3 is 0 Å². The maximum atomic E-state index is 13.7. The third kappa shape index (κ3) is 5.32. The number of aryl methyl sites for hydroxylation is 2. The van der Waals surface area contributed by atoms with Crippen LogP contribution in [0.4, 0.5) is 4.39 Å². The summed E-state index contributed by atoms with van der Waals surface area (Å²) in [6.45, 7) is 3.25. The molecule has 2 N–H and O–H groups in total. The van der Waals surface area contributed by atoms with Crippen molar-refractivity contribution in [2.75, 3.05) is 13.2 Å². The average molecular weight is 475 g/mol. The van der Waals surface area contributed by atoms with Gasteiger partial charge in [0.25, 0.3) is 11.8 Å². The topological polar surface area (TPSA) is 100 Å². The number of nitriles is 1. The van der Waals surface area contributed by atoms with Gasteiger partial charge in [0.05, 0.1) is 17.5 Å². The first-order chi connectivity index (χ1) is 16.7. The molecule has 2 aromatic rings. The highest BCUT2D eigenvalue weighted by atomic mass is 19.1. The normalized spacial score (nSPS) is 20.3. The summed E-state index contributed by atoms with van der Waals surface area (Å²) < 4.78 is 24.7. The van der Waals surface area contributed by atoms with Crippen molar-refractivity contribution in [3.05, 3.63) is 64.6 Å². The molecule has 1 saturated carbocycles. The minimum atomic E-state index is -0.673. The molecule has 9 heteroatoms. The summed E-state index contributed by atoms with van der Waals surface area (Å²) in [4.78, 5) is 25.0. The van der Waals surface area contributed by atoms with E-state index in [-0.39, 0.29) is 30.8 Å². The van der Waals surface area contributed by atoms with Gasteiger partial charge in [-0.2, -0.15) is 5.26 Å². The number of nitrogens with zero attached hydrogens (tertiary/aromatic N) is 1. The average Bonchev–Trinajstić information content (AvgIpc) is 2.80. The number of hydrogen-bond acceptors (Lipinski definition) is 5. The van der Waals surface area contributed by atoms with E-state index < -0.39 is 17.3 Å². The second-order valence-corrected chi connectivity index (χ2v) is 9.31. The van der Waals surface area contributed by atoms with Crippen molar-refractivity contribution in [3.63, 3.8) is 0 Å². The summed E-state index contributed by atoms with van der Waals surface area (Å²) >= 11 is 0. The second-order valence-electron chi connectivity index (χ2n) is 9.31. The summed E-state index contributed by atoms with van der Waals surface area (Å²) in [6, 6.07) is 12.4. The lowest BCUT2D eigenvalue weighted by Crippen LogP contribution is -2.63. The van der Waals surface area contributed by atoms with Crippen LogP contribution in [0.2, 0.25) is 0 Å². The zero-order chi connectivity index (χ0) is 25.2. The highest BCUT2D eigenvalue weighted by Gasteiger charge is 2.53. The van der Waals surface area contributed by atoms with Crippen LogP contribution in [-0.2, 0) is 9.59 Å². The van der Waals surface area contributed by atoms with Crippen LogP contribution in [-0.4, -0.2) is 38.4 Å². The molecule has 1 fully saturated rings. The van der Waals surface area contributed by atoms with Gasteiger partial charge < -0.3 is 20.1 Å². The van der Waals surface area contributed by atoms with E-state index in [4.69, 9.17) is 9.47 Å². The van der Waals surface area contributed by atoms with E-state index >= 15 is 0 Å². The van der Waals surface area contributed by atoms with Crippen molar-refractivity contribution in [2.24, 2.45) is 5.92 Å². The fourth-order valence-electron chi connectivity index (χ4n) is 4.48. The van der Waals surface area contributed by atoms with Gasteiger partial charge in [-0.25, -0.2) is 4.39 Å². The van der Waals surface area contributed by atoms with Gasteiger partial charge in [0.2, 0.25) is 0 Å². The van der Waals surface area contributed by atoms with E-state index in [9.17, 15) is 19.2 Å². The monoisotopic (exact) mass is 475 g/mol. The van der Waals surface area contributed by atoms with Crippen LogP contribution >= 0.6 is 0 Å². The lowest BCUT2D eigenvalue weighted by molar-refractivity contribution is -0.127. The fourth-order valence-corrected chi connectivity index (χ4v) is 4.48. The van der Waals surface area contributed by atoms with Crippen molar-refractivity contribution >= 4 is 25.1 Å². The Kier molecular flexibility index (Phi) is 6.83. The number of allylic oxidation sites excluding steroid dienone is 1. The summed E-state index contributed by atoms with van der Waals surface area (Å²) in [7, 11) is 1.98. The first-order valence-corrected chi connectivity index (χ1v) is 11.5. The molecule has 0 aliphatic heterocycles. The van der Waals surface area contributed by atoms with Crippen LogP contribution in [0.5, 0.6) is 11.5 Å². The molecule has 1 unspecified atom stereocenters. The molecule has 180 valence electrons. The van der Waals surface area contributed by atoms with Gasteiger partial charge in [-0.05, 0) is 56.0 Å². The lowest BCUT2D eigenvalue weighted by atomic mass is 9.59. The summed E-state index contributed by atoms with van der Waals surface area (Å²) in [5.74, 6) is -0.661. The Morgan fingerprint density at radius 2 is 1.71 bits per heavy atom. The Bertz CT molecular complexity index is 1250. The van der Waals surface area contributed by atoms with Gasteiger partial charge in [0.15, 0.2) is 13.2 Å². The van der Waals surface area contributed by atoms with Crippen molar-refractivity contribution in [2.45, 2.75) is 38.6 Å². The molecule has 3 aliphatic rings. The molecule has 0 saturated heterocycles. The second kappa shape index (κ2) is 9.83. The van der Waals surface area contributed by atoms with Gasteiger partial charge in [-0.1, -0.05) is 23.2 Å². The largest absolute Gasteiger partial charge is 0.484 e. The molecule has 0 spiro atoms. The smallest absolute Gasteiger partial charge is 0.262 e. The van der Waals surface area contributed by atoms with Gasteiger partial charge in [-0.15, -0.1) is 0 Å². The molecule has 2 bridgehead atoms. The first kappa shape index (κ1) is 24.3. The van der Waals surface area contributed by atoms with E-state index in [2.05, 4.69) is 16.7 Å². The fraction of sp³-hybridized carbons (Fsp3) is 0.346. The van der Waals surface area contributed by atoms with E-state index in [1.165, 1.54) is 6.07 Å². The van der Waals surface area contributed by atoms with E-state index in [1.54, 1.807) is 19.1 Å². The number of hydrogen-bond donors (Lipinski definition) is 2. The Labute approximate surface area is 204 Å². The third-order valence-electron chi connectivity index (χ3n) is 6.76. The van der Waals surface area contributed by atoms with E-state index in [1.807, 2.05) is 33.0 Å². The maximum absolute atomic E-state index is 13.7. The lowest BCUT2D eigenvalue weighted by Gasteiger charge is -2.52. The minimum Gasteiger partial charge on any atom is -0.484 e. The molecular weight excluding hydrogens is 448 g/mol. The van der Waals surface area contributed by atoms with Crippen LogP contribution in [0.3, 0.4) is 0 Å². The molecule has 5 rings (SSSR count). The molecule has 2 aromatic carbocycles. The van der Waals surface area contributed by atoms with Crippen LogP contribution in [0.15, 0.2) is 47.7 Å². The van der Waals surface area contributed by atoms with Gasteiger partial charge in [-0.3, -0.25) is 9.59 Å². The number of fused-ring (bicyclic) bond motifs is 2. The quantitative estimate of drug-likeness (QED) is 0.567. The number of carbonyl (C=O) groups excluding carboxylic acids is 2. The SMILES string of the molecule is Bc1cc(OCC(=O)NC2=C3CC(NC(=O)COc4ccc(C)c(F)c4)(C3)C(C#N)C2)ccc1C. The predicted octanol–water partition coefficient (Wildman–Crippen LogP) is 1.72. The summed E-state index contributed by atoms with van der Waals surface area (Å²) in [5, 5.41) is 15.6.